The molecule has 13 heavy (non-hydrogen) atoms. The first-order valence-corrected chi connectivity index (χ1v) is 3.58. The van der Waals surface area contributed by atoms with Crippen LogP contribution in [0.5, 0.6) is 0 Å². The molecule has 66 valence electrons. The Kier molecular flexibility index (Phi) is 2.87. The molecule has 0 atom stereocenters. The Bertz CT molecular complexity index is 422. The van der Waals surface area contributed by atoms with Gasteiger partial charge in [-0.2, -0.15) is 0 Å². The van der Waals surface area contributed by atoms with Crippen LogP contribution in [0.15, 0.2) is 23.1 Å². The third kappa shape index (κ3) is 2.83. The lowest BCUT2D eigenvalue weighted by Crippen LogP contribution is -2.07. The number of H-pyrrole nitrogens is 1. The van der Waals surface area contributed by atoms with Gasteiger partial charge in [0.25, 0.3) is 5.56 Å². The van der Waals surface area contributed by atoms with E-state index in [-0.39, 0.29) is 17.5 Å². The number of aromatic amines is 1. The minimum Gasteiger partial charge on any atom is -0.481 e. The Morgan fingerprint density at radius 2 is 2.38 bits per heavy atom. The van der Waals surface area contributed by atoms with Crippen molar-refractivity contribution in [3.05, 3.63) is 34.2 Å². The fraction of sp³-hybridized carbons (Fsp3) is 0.111. The van der Waals surface area contributed by atoms with Gasteiger partial charge >= 0.3 is 5.97 Å². The van der Waals surface area contributed by atoms with Crippen LogP contribution in [0, 0.1) is 11.8 Å². The van der Waals surface area contributed by atoms with E-state index in [0.29, 0.717) is 0 Å². The van der Waals surface area contributed by atoms with Crippen LogP contribution in [0.2, 0.25) is 0 Å². The smallest absolute Gasteiger partial charge is 0.315 e. The molecular weight excluding hydrogens is 170 g/mol. The van der Waals surface area contributed by atoms with Gasteiger partial charge in [-0.05, 0) is 12.1 Å². The van der Waals surface area contributed by atoms with Gasteiger partial charge < -0.3 is 10.1 Å². The van der Waals surface area contributed by atoms with Crippen LogP contribution in [0.1, 0.15) is 12.0 Å². The zero-order valence-electron chi connectivity index (χ0n) is 6.70. The van der Waals surface area contributed by atoms with Crippen molar-refractivity contribution in [1.82, 2.24) is 4.98 Å². The molecule has 0 saturated heterocycles. The molecule has 1 heterocycles. The molecule has 4 nitrogen and oxygen atoms in total. The first kappa shape index (κ1) is 9.07. The van der Waals surface area contributed by atoms with Gasteiger partial charge in [0, 0.05) is 6.20 Å². The van der Waals surface area contributed by atoms with Crippen molar-refractivity contribution in [2.24, 2.45) is 0 Å². The van der Waals surface area contributed by atoms with Crippen LogP contribution in [0.4, 0.5) is 0 Å². The second kappa shape index (κ2) is 4.12. The molecule has 1 aromatic rings. The number of carbonyl (C=O) groups is 1. The molecule has 1 aromatic heterocycles. The van der Waals surface area contributed by atoms with Crippen LogP contribution in [0.3, 0.4) is 0 Å². The molecule has 0 fully saturated rings. The van der Waals surface area contributed by atoms with Gasteiger partial charge in [0.1, 0.15) is 6.42 Å². The predicted molar refractivity (Wildman–Crippen MR) is 46.2 cm³/mol. The minimum atomic E-state index is -1.00. The maximum atomic E-state index is 11.0. The SMILES string of the molecule is O=C(O)CC#Cc1ccc[nH]c1=O. The molecule has 0 saturated carbocycles. The van der Waals surface area contributed by atoms with Gasteiger partial charge in [-0.15, -0.1) is 0 Å². The van der Waals surface area contributed by atoms with Gasteiger partial charge in [0.05, 0.1) is 5.56 Å². The Balaban J connectivity index is 2.84. The highest BCUT2D eigenvalue weighted by Gasteiger charge is 1.92. The molecule has 1 rings (SSSR count). The summed E-state index contributed by atoms with van der Waals surface area (Å²) in [5.74, 6) is 3.84. The average molecular weight is 177 g/mol. The first-order valence-electron chi connectivity index (χ1n) is 3.58. The number of pyridine rings is 1. The van der Waals surface area contributed by atoms with Gasteiger partial charge in [-0.3, -0.25) is 9.59 Å². The molecule has 0 bridgehead atoms. The van der Waals surface area contributed by atoms with Crippen LogP contribution in [-0.4, -0.2) is 16.1 Å². The largest absolute Gasteiger partial charge is 0.481 e. The van der Waals surface area contributed by atoms with Crippen LogP contribution in [0.25, 0.3) is 0 Å². The quantitative estimate of drug-likeness (QED) is 0.602. The first-order chi connectivity index (χ1) is 6.20. The molecule has 4 heteroatoms. The number of hydrogen-bond donors (Lipinski definition) is 2. The standard InChI is InChI=1S/C9H7NO3/c11-8(12)5-1-3-7-4-2-6-10-9(7)13/h2,4,6H,5H2,(H,10,13)(H,11,12). The van der Waals surface area contributed by atoms with Crippen molar-refractivity contribution >= 4 is 5.97 Å². The van der Waals surface area contributed by atoms with Crippen LogP contribution < -0.4 is 5.56 Å². The van der Waals surface area contributed by atoms with E-state index >= 15 is 0 Å². The Hall–Kier alpha value is -2.02. The number of hydrogen-bond acceptors (Lipinski definition) is 2. The number of aliphatic carboxylic acids is 1. The van der Waals surface area contributed by atoms with E-state index in [4.69, 9.17) is 5.11 Å². The maximum absolute atomic E-state index is 11.0. The molecule has 0 amide bonds. The zero-order valence-corrected chi connectivity index (χ0v) is 6.70. The lowest BCUT2D eigenvalue weighted by atomic mass is 10.3. The molecule has 0 aromatic carbocycles. The van der Waals surface area contributed by atoms with Gasteiger partial charge in [-0.1, -0.05) is 11.8 Å². The maximum Gasteiger partial charge on any atom is 0.315 e. The summed E-state index contributed by atoms with van der Waals surface area (Å²) < 4.78 is 0. The molecule has 0 aliphatic carbocycles. The summed E-state index contributed by atoms with van der Waals surface area (Å²) in [5.41, 5.74) is -0.0239. The van der Waals surface area contributed by atoms with Gasteiger partial charge in [0.2, 0.25) is 0 Å². The molecule has 0 aliphatic rings. The van der Waals surface area contributed by atoms with Crippen molar-refractivity contribution in [3.8, 4) is 11.8 Å². The van der Waals surface area contributed by atoms with E-state index in [1.165, 1.54) is 12.3 Å². The van der Waals surface area contributed by atoms with Crippen molar-refractivity contribution in [2.75, 3.05) is 0 Å². The normalized spacial score (nSPS) is 8.62. The topological polar surface area (TPSA) is 70.2 Å². The second-order valence-corrected chi connectivity index (χ2v) is 2.29. The van der Waals surface area contributed by atoms with E-state index in [1.807, 2.05) is 0 Å². The summed E-state index contributed by atoms with van der Waals surface area (Å²) in [5, 5.41) is 8.27. The number of rotatable bonds is 1. The summed E-state index contributed by atoms with van der Waals surface area (Å²) in [4.78, 5) is 23.5. The van der Waals surface area contributed by atoms with E-state index in [9.17, 15) is 9.59 Å². The van der Waals surface area contributed by atoms with E-state index in [1.54, 1.807) is 6.07 Å². The summed E-state index contributed by atoms with van der Waals surface area (Å²) in [6.45, 7) is 0. The number of carboxylic acids is 1. The Labute approximate surface area is 74.2 Å². The van der Waals surface area contributed by atoms with Crippen molar-refractivity contribution in [2.45, 2.75) is 6.42 Å². The second-order valence-electron chi connectivity index (χ2n) is 2.29. The average Bonchev–Trinajstić information content (AvgIpc) is 2.08. The highest BCUT2D eigenvalue weighted by molar-refractivity contribution is 5.70. The Morgan fingerprint density at radius 1 is 1.62 bits per heavy atom. The predicted octanol–water partition coefficient (Wildman–Crippen LogP) is 0.201. The highest BCUT2D eigenvalue weighted by Crippen LogP contribution is 1.85. The summed E-state index contributed by atoms with van der Waals surface area (Å²) in [6, 6.07) is 3.17. The van der Waals surface area contributed by atoms with Crippen molar-refractivity contribution in [1.29, 1.82) is 0 Å². The molecule has 2 N–H and O–H groups in total. The molecule has 0 radical (unpaired) electrons. The number of aromatic nitrogens is 1. The molecule has 0 spiro atoms. The highest BCUT2D eigenvalue weighted by atomic mass is 16.4. The van der Waals surface area contributed by atoms with Crippen LogP contribution >= 0.6 is 0 Å². The van der Waals surface area contributed by atoms with Crippen molar-refractivity contribution < 1.29 is 9.90 Å². The minimum absolute atomic E-state index is 0.256. The van der Waals surface area contributed by atoms with Crippen molar-refractivity contribution in [3.63, 3.8) is 0 Å². The van der Waals surface area contributed by atoms with Gasteiger partial charge in [0.15, 0.2) is 0 Å². The fourth-order valence-electron chi connectivity index (χ4n) is 0.735. The van der Waals surface area contributed by atoms with E-state index in [0.717, 1.165) is 0 Å². The lowest BCUT2D eigenvalue weighted by molar-refractivity contribution is -0.135. The third-order valence-corrected chi connectivity index (χ3v) is 1.28. The molecular formula is C9H7NO3. The van der Waals surface area contributed by atoms with E-state index in [2.05, 4.69) is 16.8 Å². The fourth-order valence-corrected chi connectivity index (χ4v) is 0.735. The van der Waals surface area contributed by atoms with E-state index < -0.39 is 5.97 Å². The third-order valence-electron chi connectivity index (χ3n) is 1.28. The number of carboxylic acid groups (broad SMARTS) is 1. The monoisotopic (exact) mass is 177 g/mol. The van der Waals surface area contributed by atoms with Gasteiger partial charge in [-0.25, -0.2) is 0 Å². The lowest BCUT2D eigenvalue weighted by Gasteiger charge is -1.85. The van der Waals surface area contributed by atoms with Crippen LogP contribution in [-0.2, 0) is 4.79 Å². The molecule has 0 aliphatic heterocycles. The molecule has 0 unspecified atom stereocenters. The Morgan fingerprint density at radius 3 is 3.00 bits per heavy atom. The number of nitrogens with one attached hydrogen (secondary N) is 1. The zero-order chi connectivity index (χ0) is 9.68. The summed E-state index contributed by atoms with van der Waals surface area (Å²) in [7, 11) is 0. The summed E-state index contributed by atoms with van der Waals surface area (Å²) >= 11 is 0. The summed E-state index contributed by atoms with van der Waals surface area (Å²) in [6.07, 6.45) is 1.24.